The monoisotopic (exact) mass is 1140 g/mol. The molecule has 21 heteroatoms. The maximum absolute atomic E-state index is 13.1. The first-order chi connectivity index (χ1) is 37.1. The highest BCUT2D eigenvalue weighted by atomic mass is 32.2. The Bertz CT molecular complexity index is 2170. The third kappa shape index (κ3) is 17.4. The number of rotatable bonds is 15. The Morgan fingerprint density at radius 1 is 0.564 bits per heavy atom. The number of alkyl halides is 4. The largest absolute Gasteiger partial charge is 0.465 e. The van der Waals surface area contributed by atoms with Crippen molar-refractivity contribution in [3.05, 3.63) is 71.8 Å². The van der Waals surface area contributed by atoms with E-state index in [1.807, 2.05) is 60.7 Å². The molecular weight excluding hydrogens is 1060 g/mol. The molecule has 8 aliphatic carbocycles. The second kappa shape index (κ2) is 29.0. The highest BCUT2D eigenvalue weighted by Gasteiger charge is 2.61. The van der Waals surface area contributed by atoms with E-state index in [1.165, 1.54) is 14.2 Å². The van der Waals surface area contributed by atoms with Crippen LogP contribution in [0.5, 0.6) is 0 Å². The summed E-state index contributed by atoms with van der Waals surface area (Å²) in [7, 11) is 4.39. The lowest BCUT2D eigenvalue weighted by Gasteiger charge is -2.57. The molecule has 4 atom stereocenters. The Balaban J connectivity index is 0.000000163. The first-order valence-corrected chi connectivity index (χ1v) is 30.2. The number of aliphatic hydroxyl groups is 1. The summed E-state index contributed by atoms with van der Waals surface area (Å²) in [6, 6.07) is 19.1. The van der Waals surface area contributed by atoms with E-state index in [0.717, 1.165) is 119 Å². The van der Waals surface area contributed by atoms with Crippen molar-refractivity contribution in [2.45, 2.75) is 102 Å². The Labute approximate surface area is 460 Å². The summed E-state index contributed by atoms with van der Waals surface area (Å²) in [4.78, 5) is 69.7. The summed E-state index contributed by atoms with van der Waals surface area (Å²) in [6.07, 6.45) is 7.56. The fourth-order valence-electron chi connectivity index (χ4n) is 12.8. The Kier molecular flexibility index (Phi) is 23.5. The molecule has 2 heterocycles. The van der Waals surface area contributed by atoms with E-state index in [2.05, 4.69) is 4.74 Å². The quantitative estimate of drug-likeness (QED) is 0.0455. The molecule has 10 fully saturated rings. The van der Waals surface area contributed by atoms with Crippen LogP contribution in [-0.2, 0) is 78.9 Å². The van der Waals surface area contributed by atoms with E-state index in [0.29, 0.717) is 61.9 Å². The van der Waals surface area contributed by atoms with E-state index in [1.54, 1.807) is 0 Å². The number of carbonyl (C=O) groups is 6. The van der Waals surface area contributed by atoms with Gasteiger partial charge in [-0.05, 0) is 99.7 Å². The van der Waals surface area contributed by atoms with E-state index >= 15 is 0 Å². The van der Waals surface area contributed by atoms with Crippen LogP contribution in [0, 0.1) is 46.3 Å². The van der Waals surface area contributed by atoms with Crippen LogP contribution in [0.4, 0.5) is 17.6 Å². The van der Waals surface area contributed by atoms with E-state index in [-0.39, 0.29) is 82.2 Å². The maximum atomic E-state index is 13.1. The van der Waals surface area contributed by atoms with Crippen LogP contribution in [0.1, 0.15) is 98.8 Å². The maximum Gasteiger partial charge on any atom is 0.376 e. The van der Waals surface area contributed by atoms with Crippen molar-refractivity contribution in [2.75, 3.05) is 95.9 Å². The normalized spacial score (nSPS) is 29.5. The third-order valence-corrected chi connectivity index (χ3v) is 20.3. The van der Waals surface area contributed by atoms with Gasteiger partial charge < -0.3 is 43.0 Å². The number of hydrogen-bond acceptors (Lipinski definition) is 15. The van der Waals surface area contributed by atoms with Crippen molar-refractivity contribution >= 4 is 57.2 Å². The average Bonchev–Trinajstić information content (AvgIpc) is 3.55. The lowest BCUT2D eigenvalue weighted by Crippen LogP contribution is -2.58. The van der Waals surface area contributed by atoms with Crippen LogP contribution in [0.3, 0.4) is 0 Å². The standard InChI is InChI=1S/C16H22F2O5.C13H20O4.2C12H15O2S.C4H6F2O2/c1-15(17,18)13(19)23-12-10-3-9-4-11(12)7-16(5-9,6-10)14(20)22-8-21-2;1-16-7-17-12(15)13-4-8-2-9(5-13)11(14)10(3-8)6-13;2*13-12(11-4-2-1-3-5-11)10-15-8-6-14-7-9-15;1-4(5,6)3(7)8-2/h9-12H,3-8H2,1-2H3;8-11,14H,2-7H2,1H3;2*1-5H,6-10H2;1-2H3/q;;2*+1;. The molecule has 0 amide bonds. The predicted molar refractivity (Wildman–Crippen MR) is 284 cm³/mol. The zero-order chi connectivity index (χ0) is 56.7. The number of benzene rings is 2. The molecule has 0 aromatic heterocycles. The zero-order valence-electron chi connectivity index (χ0n) is 45.4. The summed E-state index contributed by atoms with van der Waals surface area (Å²) in [5.74, 6) is -2.46. The molecule has 1 N–H and O–H groups in total. The van der Waals surface area contributed by atoms with Crippen molar-refractivity contribution in [1.82, 2.24) is 0 Å². The van der Waals surface area contributed by atoms with Crippen LogP contribution in [0.15, 0.2) is 60.7 Å². The van der Waals surface area contributed by atoms with Crippen LogP contribution in [0.25, 0.3) is 0 Å². The first-order valence-electron chi connectivity index (χ1n) is 26.8. The molecular formula is C57H78F4O15S2+2. The van der Waals surface area contributed by atoms with Gasteiger partial charge in [-0.3, -0.25) is 19.2 Å². The molecule has 2 aromatic rings. The van der Waals surface area contributed by atoms with Gasteiger partial charge in [0.2, 0.25) is 11.6 Å². The summed E-state index contributed by atoms with van der Waals surface area (Å²) in [5.41, 5.74) is 0.814. The Hall–Kier alpha value is -4.12. The fraction of sp³-hybridized carbons (Fsp3) is 0.684. The molecule has 2 aromatic carbocycles. The number of halogens is 4. The third-order valence-electron chi connectivity index (χ3n) is 16.0. The van der Waals surface area contributed by atoms with Gasteiger partial charge in [0.05, 0.1) is 50.5 Å². The van der Waals surface area contributed by atoms with Gasteiger partial charge in [0, 0.05) is 61.0 Å². The molecule has 8 bridgehead atoms. The predicted octanol–water partition coefficient (Wildman–Crippen LogP) is 7.70. The SMILES string of the molecule is COC(=O)C(C)(F)F.COCOC(=O)C12CC3CC(C1)C(O)C(C3)C2.COCOC(=O)C12CC3CC(C1)C(OC(=O)C(C)(F)F)C(C3)C2.O=C(C[S+]1CCOCC1)c1ccccc1.O=C(C[S+]1CCOCC1)c1ccccc1. The zero-order valence-corrected chi connectivity index (χ0v) is 47.1. The van der Waals surface area contributed by atoms with Crippen molar-refractivity contribution < 1.29 is 89.3 Å². The van der Waals surface area contributed by atoms with E-state index in [4.69, 9.17) is 33.2 Å². The minimum Gasteiger partial charge on any atom is -0.465 e. The summed E-state index contributed by atoms with van der Waals surface area (Å²) in [6.45, 7) is 4.30. The first kappa shape index (κ1) is 63.1. The van der Waals surface area contributed by atoms with Crippen LogP contribution < -0.4 is 0 Å². The molecule has 8 saturated carbocycles. The number of carbonyl (C=O) groups excluding carboxylic acids is 6. The Morgan fingerprint density at radius 2 is 0.923 bits per heavy atom. The molecule has 4 unspecified atom stereocenters. The van der Waals surface area contributed by atoms with Gasteiger partial charge in [0.15, 0.2) is 25.1 Å². The molecule has 2 aliphatic heterocycles. The van der Waals surface area contributed by atoms with Gasteiger partial charge in [-0.2, -0.15) is 17.6 Å². The smallest absolute Gasteiger partial charge is 0.376 e. The van der Waals surface area contributed by atoms with E-state index in [9.17, 15) is 51.4 Å². The topological polar surface area (TPSA) is 196 Å². The van der Waals surface area contributed by atoms with Crippen molar-refractivity contribution in [2.24, 2.45) is 46.3 Å². The summed E-state index contributed by atoms with van der Waals surface area (Å²) >= 11 is 0. The number of Topliss-reactive ketones (excluding diaryl/α,β-unsaturated/α-hetero) is 2. The van der Waals surface area contributed by atoms with Gasteiger partial charge >= 0.3 is 35.7 Å². The van der Waals surface area contributed by atoms with Crippen LogP contribution in [0.2, 0.25) is 0 Å². The fourth-order valence-corrected chi connectivity index (χ4v) is 16.3. The minimum atomic E-state index is -3.48. The molecule has 434 valence electrons. The number of ketones is 2. The lowest BCUT2D eigenvalue weighted by molar-refractivity contribution is -0.210. The van der Waals surface area contributed by atoms with Crippen LogP contribution >= 0.6 is 0 Å². The second-order valence-corrected chi connectivity index (χ2v) is 26.6. The lowest BCUT2D eigenvalue weighted by atomic mass is 9.48. The van der Waals surface area contributed by atoms with Crippen molar-refractivity contribution in [1.29, 1.82) is 0 Å². The molecule has 0 radical (unpaired) electrons. The Morgan fingerprint density at radius 3 is 1.26 bits per heavy atom. The molecule has 10 aliphatic rings. The number of aliphatic hydroxyl groups excluding tert-OH is 1. The molecule has 12 rings (SSSR count). The highest BCUT2D eigenvalue weighted by Crippen LogP contribution is 2.62. The van der Waals surface area contributed by atoms with Crippen LogP contribution in [-0.4, -0.2) is 160 Å². The van der Waals surface area contributed by atoms with Gasteiger partial charge in [-0.1, -0.05) is 60.7 Å². The molecule has 78 heavy (non-hydrogen) atoms. The molecule has 2 saturated heterocycles. The number of ether oxygens (including phenoxy) is 8. The average molecular weight is 1140 g/mol. The number of hydrogen-bond donors (Lipinski definition) is 1. The summed E-state index contributed by atoms with van der Waals surface area (Å²) < 4.78 is 88.9. The van der Waals surface area contributed by atoms with Gasteiger partial charge in [-0.15, -0.1) is 0 Å². The molecule has 0 spiro atoms. The van der Waals surface area contributed by atoms with Crippen molar-refractivity contribution in [3.63, 3.8) is 0 Å². The summed E-state index contributed by atoms with van der Waals surface area (Å²) in [5, 5.41) is 10.1. The van der Waals surface area contributed by atoms with Crippen molar-refractivity contribution in [3.8, 4) is 0 Å². The van der Waals surface area contributed by atoms with Gasteiger partial charge in [0.25, 0.3) is 0 Å². The van der Waals surface area contributed by atoms with Gasteiger partial charge in [-0.25, -0.2) is 9.59 Å². The van der Waals surface area contributed by atoms with E-state index < -0.39 is 35.3 Å². The number of methoxy groups -OCH3 is 3. The second-order valence-electron chi connectivity index (χ2n) is 21.9. The molecule has 15 nitrogen and oxygen atoms in total. The van der Waals surface area contributed by atoms with Gasteiger partial charge in [0.1, 0.15) is 29.1 Å². The highest BCUT2D eigenvalue weighted by molar-refractivity contribution is 7.97. The number of esters is 4. The minimum absolute atomic E-state index is 0.0392.